The Morgan fingerprint density at radius 3 is 2.45 bits per heavy atom. The van der Waals surface area contributed by atoms with Gasteiger partial charge in [-0.2, -0.15) is 0 Å². The van der Waals surface area contributed by atoms with Crippen molar-refractivity contribution in [3.8, 4) is 0 Å². The summed E-state index contributed by atoms with van der Waals surface area (Å²) >= 11 is 1.26. The lowest BCUT2D eigenvalue weighted by molar-refractivity contribution is -0.176. The number of esters is 1. The van der Waals surface area contributed by atoms with E-state index in [-0.39, 0.29) is 30.1 Å². The lowest BCUT2D eigenvalue weighted by Crippen LogP contribution is -2.52. The number of aliphatic hydroxyl groups excluding tert-OH is 1. The maximum atomic E-state index is 13.3. The number of rotatable bonds is 7. The number of benzene rings is 1. The molecule has 7 heteroatoms. The zero-order valence-electron chi connectivity index (χ0n) is 20.7. The van der Waals surface area contributed by atoms with E-state index in [0.717, 1.165) is 33.0 Å². The average Bonchev–Trinajstić information content (AvgIpc) is 3.13. The summed E-state index contributed by atoms with van der Waals surface area (Å²) in [6, 6.07) is 3.95. The molecule has 1 saturated heterocycles. The molecule has 180 valence electrons. The lowest BCUT2D eigenvalue weighted by Gasteiger charge is -2.41. The summed E-state index contributed by atoms with van der Waals surface area (Å²) in [7, 11) is 0. The van der Waals surface area contributed by atoms with Gasteiger partial charge in [-0.25, -0.2) is 4.98 Å². The first-order valence-electron chi connectivity index (χ1n) is 11.4. The van der Waals surface area contributed by atoms with Crippen molar-refractivity contribution in [3.05, 3.63) is 46.7 Å². The number of cyclic esters (lactones) is 1. The van der Waals surface area contributed by atoms with Crippen molar-refractivity contribution in [3.63, 3.8) is 0 Å². The number of ether oxygens (including phenoxy) is 1. The minimum absolute atomic E-state index is 0.0178. The van der Waals surface area contributed by atoms with Crippen LogP contribution in [0.4, 0.5) is 0 Å². The number of thioether (sulfide) groups is 1. The van der Waals surface area contributed by atoms with E-state index >= 15 is 0 Å². The second-order valence-corrected chi connectivity index (χ2v) is 11.5. The van der Waals surface area contributed by atoms with Crippen LogP contribution in [-0.4, -0.2) is 32.7 Å². The van der Waals surface area contributed by atoms with E-state index in [1.165, 1.54) is 18.2 Å². The SMILES string of the molecule is Cc1cc(SC2C(=O)CC(CCc3ocnc3C)(C(C)C)OC2=O)c(C(C)(C)C)cc1CO. The first-order valence-corrected chi connectivity index (χ1v) is 12.3. The Morgan fingerprint density at radius 2 is 1.94 bits per heavy atom. The van der Waals surface area contributed by atoms with Gasteiger partial charge < -0.3 is 14.3 Å². The van der Waals surface area contributed by atoms with Gasteiger partial charge in [-0.15, -0.1) is 11.8 Å². The summed E-state index contributed by atoms with van der Waals surface area (Å²) in [5, 5.41) is 8.81. The molecule has 6 nitrogen and oxygen atoms in total. The fraction of sp³-hybridized carbons (Fsp3) is 0.577. The van der Waals surface area contributed by atoms with Crippen molar-refractivity contribution >= 4 is 23.5 Å². The Morgan fingerprint density at radius 1 is 1.24 bits per heavy atom. The van der Waals surface area contributed by atoms with Gasteiger partial charge in [0.1, 0.15) is 11.4 Å². The Balaban J connectivity index is 1.85. The number of nitrogens with zero attached hydrogens (tertiary/aromatic N) is 1. The molecule has 3 rings (SSSR count). The zero-order valence-corrected chi connectivity index (χ0v) is 21.5. The first kappa shape index (κ1) is 25.5. The highest BCUT2D eigenvalue weighted by molar-refractivity contribution is 8.01. The normalized spacial score (nSPS) is 21.5. The summed E-state index contributed by atoms with van der Waals surface area (Å²) in [5.74, 6) is 0.145. The molecule has 2 unspecified atom stereocenters. The number of oxazole rings is 1. The largest absolute Gasteiger partial charge is 0.457 e. The minimum atomic E-state index is -0.899. The number of carbonyl (C=O) groups excluding carboxylic acids is 2. The Kier molecular flexibility index (Phi) is 7.44. The molecule has 2 atom stereocenters. The standard InChI is InChI=1S/C26H35NO5S/c1-15(2)26(9-8-21-17(4)27-14-31-21)12-20(29)23(24(30)32-26)33-22-10-16(3)18(13-28)11-19(22)25(5,6)7/h10-11,14-15,23,28H,8-9,12-13H2,1-7H3. The molecule has 1 aromatic heterocycles. The smallest absolute Gasteiger partial charge is 0.327 e. The number of aromatic nitrogens is 1. The van der Waals surface area contributed by atoms with Gasteiger partial charge in [0.25, 0.3) is 0 Å². The maximum absolute atomic E-state index is 13.3. The fourth-order valence-electron chi connectivity index (χ4n) is 4.27. The van der Waals surface area contributed by atoms with Crippen molar-refractivity contribution in [1.82, 2.24) is 4.98 Å². The topological polar surface area (TPSA) is 89.6 Å². The predicted molar refractivity (Wildman–Crippen MR) is 128 cm³/mol. The van der Waals surface area contributed by atoms with E-state index in [1.54, 1.807) is 0 Å². The quantitative estimate of drug-likeness (QED) is 0.443. The summed E-state index contributed by atoms with van der Waals surface area (Å²) < 4.78 is 11.5. The van der Waals surface area contributed by atoms with Crippen LogP contribution < -0.4 is 0 Å². The van der Waals surface area contributed by atoms with E-state index in [2.05, 4.69) is 25.8 Å². The molecule has 0 aliphatic carbocycles. The van der Waals surface area contributed by atoms with Crippen LogP contribution in [0, 0.1) is 19.8 Å². The van der Waals surface area contributed by atoms with Gasteiger partial charge in [0.2, 0.25) is 0 Å². The molecule has 0 bridgehead atoms. The van der Waals surface area contributed by atoms with Gasteiger partial charge in [-0.05, 0) is 54.4 Å². The molecule has 33 heavy (non-hydrogen) atoms. The second-order valence-electron chi connectivity index (χ2n) is 10.3. The third kappa shape index (κ3) is 5.35. The molecular formula is C26H35NO5S. The highest BCUT2D eigenvalue weighted by Gasteiger charge is 2.49. The van der Waals surface area contributed by atoms with Gasteiger partial charge in [0.15, 0.2) is 17.4 Å². The Labute approximate surface area is 200 Å². The monoisotopic (exact) mass is 473 g/mol. The van der Waals surface area contributed by atoms with Crippen LogP contribution in [0.3, 0.4) is 0 Å². The molecule has 1 aromatic carbocycles. The number of Topliss-reactive ketones (excluding diaryl/α,β-unsaturated/α-hetero) is 1. The van der Waals surface area contributed by atoms with Crippen LogP contribution >= 0.6 is 11.8 Å². The molecule has 1 aliphatic heterocycles. The summed E-state index contributed by atoms with van der Waals surface area (Å²) in [6.07, 6.45) is 2.65. The van der Waals surface area contributed by atoms with E-state index < -0.39 is 16.8 Å². The van der Waals surface area contributed by atoms with E-state index in [4.69, 9.17) is 9.15 Å². The van der Waals surface area contributed by atoms with Gasteiger partial charge in [0, 0.05) is 17.7 Å². The van der Waals surface area contributed by atoms with Crippen LogP contribution in [0.1, 0.15) is 75.6 Å². The van der Waals surface area contributed by atoms with Crippen molar-refractivity contribution < 1.29 is 23.8 Å². The van der Waals surface area contributed by atoms with Gasteiger partial charge >= 0.3 is 5.97 Å². The van der Waals surface area contributed by atoms with E-state index in [1.807, 2.05) is 39.8 Å². The van der Waals surface area contributed by atoms with Crippen molar-refractivity contribution in [2.45, 2.75) is 95.5 Å². The van der Waals surface area contributed by atoms with Crippen LogP contribution in [-0.2, 0) is 32.8 Å². The molecule has 2 aromatic rings. The molecule has 0 radical (unpaired) electrons. The number of aliphatic hydroxyl groups is 1. The van der Waals surface area contributed by atoms with E-state index in [9.17, 15) is 14.7 Å². The zero-order chi connectivity index (χ0) is 24.6. The predicted octanol–water partition coefficient (Wildman–Crippen LogP) is 5.09. The van der Waals surface area contributed by atoms with Crippen molar-refractivity contribution in [2.24, 2.45) is 5.92 Å². The number of hydrogen-bond acceptors (Lipinski definition) is 7. The summed E-state index contributed by atoms with van der Waals surface area (Å²) in [5.41, 5.74) is 2.54. The van der Waals surface area contributed by atoms with E-state index in [0.29, 0.717) is 12.8 Å². The first-order chi connectivity index (χ1) is 15.4. The molecule has 1 fully saturated rings. The van der Waals surface area contributed by atoms with Crippen molar-refractivity contribution in [2.75, 3.05) is 0 Å². The second kappa shape index (κ2) is 9.63. The summed E-state index contributed by atoms with van der Waals surface area (Å²) in [4.78, 5) is 31.5. The van der Waals surface area contributed by atoms with Crippen LogP contribution in [0.5, 0.6) is 0 Å². The molecule has 0 saturated carbocycles. The van der Waals surface area contributed by atoms with Crippen LogP contribution in [0.25, 0.3) is 0 Å². The van der Waals surface area contributed by atoms with Gasteiger partial charge in [-0.1, -0.05) is 40.7 Å². The molecule has 2 heterocycles. The minimum Gasteiger partial charge on any atom is -0.457 e. The fourth-order valence-corrected chi connectivity index (χ4v) is 5.62. The molecular weight excluding hydrogens is 438 g/mol. The highest BCUT2D eigenvalue weighted by atomic mass is 32.2. The lowest BCUT2D eigenvalue weighted by atomic mass is 9.79. The van der Waals surface area contributed by atoms with Crippen LogP contribution in [0.2, 0.25) is 0 Å². The van der Waals surface area contributed by atoms with Crippen LogP contribution in [0.15, 0.2) is 27.8 Å². The molecule has 1 aliphatic rings. The number of ketones is 1. The molecule has 1 N–H and O–H groups in total. The molecule has 0 amide bonds. The Bertz CT molecular complexity index is 1020. The highest BCUT2D eigenvalue weighted by Crippen LogP contribution is 2.42. The van der Waals surface area contributed by atoms with Gasteiger partial charge in [-0.3, -0.25) is 9.59 Å². The van der Waals surface area contributed by atoms with Gasteiger partial charge in [0.05, 0.1) is 12.3 Å². The number of hydrogen-bond donors (Lipinski definition) is 1. The number of aryl methyl sites for hydroxylation is 3. The third-order valence-corrected chi connectivity index (χ3v) is 7.90. The average molecular weight is 474 g/mol. The summed E-state index contributed by atoms with van der Waals surface area (Å²) in [6.45, 7) is 14.0. The Hall–Kier alpha value is -2.12. The third-order valence-electron chi connectivity index (χ3n) is 6.62. The van der Waals surface area contributed by atoms with Crippen molar-refractivity contribution in [1.29, 1.82) is 0 Å². The number of carbonyl (C=O) groups is 2. The maximum Gasteiger partial charge on any atom is 0.327 e. The molecule has 0 spiro atoms.